The molecule has 27 heavy (non-hydrogen) atoms. The molecule has 2 aromatic carbocycles. The molecule has 3 rings (SSSR count). The fourth-order valence-corrected chi connectivity index (χ4v) is 4.18. The van der Waals surface area contributed by atoms with E-state index >= 15 is 0 Å². The Morgan fingerprint density at radius 2 is 1.04 bits per heavy atom. The molecule has 0 aliphatic carbocycles. The standard InChI is InChI=1S/C26H36O/c1-5-7-9-11-13-21-17-23-24-18-22(14-12-10-8-6-2)20(4)16-26(24)27-25(23)15-19(21)3/h15-18H,5-14H2,1-4H3. The Labute approximate surface area is 165 Å². The summed E-state index contributed by atoms with van der Waals surface area (Å²) in [4.78, 5) is 0. The van der Waals surface area contributed by atoms with E-state index in [1.165, 1.54) is 97.2 Å². The highest BCUT2D eigenvalue weighted by Crippen LogP contribution is 2.33. The monoisotopic (exact) mass is 364 g/mol. The minimum Gasteiger partial charge on any atom is -0.456 e. The average molecular weight is 365 g/mol. The van der Waals surface area contributed by atoms with Crippen LogP contribution in [-0.4, -0.2) is 0 Å². The van der Waals surface area contributed by atoms with E-state index in [0.29, 0.717) is 0 Å². The van der Waals surface area contributed by atoms with Crippen molar-refractivity contribution in [2.75, 3.05) is 0 Å². The normalized spacial score (nSPS) is 11.7. The van der Waals surface area contributed by atoms with Crippen LogP contribution in [0.5, 0.6) is 0 Å². The number of rotatable bonds is 10. The van der Waals surface area contributed by atoms with E-state index in [0.717, 1.165) is 11.2 Å². The van der Waals surface area contributed by atoms with Crippen molar-refractivity contribution in [1.29, 1.82) is 0 Å². The molecule has 1 heteroatoms. The van der Waals surface area contributed by atoms with Gasteiger partial charge in [0.05, 0.1) is 0 Å². The Morgan fingerprint density at radius 3 is 1.44 bits per heavy atom. The van der Waals surface area contributed by atoms with Crippen LogP contribution >= 0.6 is 0 Å². The number of benzene rings is 2. The van der Waals surface area contributed by atoms with Gasteiger partial charge in [-0.25, -0.2) is 0 Å². The maximum atomic E-state index is 6.21. The van der Waals surface area contributed by atoms with Crippen molar-refractivity contribution in [3.63, 3.8) is 0 Å². The Balaban J connectivity index is 1.89. The van der Waals surface area contributed by atoms with Crippen molar-refractivity contribution in [3.05, 3.63) is 46.5 Å². The molecule has 0 aliphatic rings. The summed E-state index contributed by atoms with van der Waals surface area (Å²) in [7, 11) is 0. The van der Waals surface area contributed by atoms with Crippen LogP contribution in [0.1, 0.15) is 87.5 Å². The Kier molecular flexibility index (Phi) is 6.99. The second-order valence-electron chi connectivity index (χ2n) is 8.27. The van der Waals surface area contributed by atoms with Crippen molar-refractivity contribution in [1.82, 2.24) is 0 Å². The molecule has 0 spiro atoms. The number of hydrogen-bond donors (Lipinski definition) is 0. The Hall–Kier alpha value is -1.76. The highest BCUT2D eigenvalue weighted by atomic mass is 16.3. The summed E-state index contributed by atoms with van der Waals surface area (Å²) >= 11 is 0. The largest absolute Gasteiger partial charge is 0.456 e. The molecule has 0 N–H and O–H groups in total. The summed E-state index contributed by atoms with van der Waals surface area (Å²) in [5, 5.41) is 2.60. The molecule has 3 aromatic rings. The van der Waals surface area contributed by atoms with Crippen LogP contribution in [-0.2, 0) is 12.8 Å². The van der Waals surface area contributed by atoms with Crippen LogP contribution in [0.25, 0.3) is 21.9 Å². The zero-order valence-electron chi connectivity index (χ0n) is 17.8. The van der Waals surface area contributed by atoms with Gasteiger partial charge in [0.15, 0.2) is 0 Å². The lowest BCUT2D eigenvalue weighted by molar-refractivity contribution is 0.660. The molecule has 0 radical (unpaired) electrons. The molecule has 0 fully saturated rings. The lowest BCUT2D eigenvalue weighted by atomic mass is 9.96. The quantitative estimate of drug-likeness (QED) is 0.329. The lowest BCUT2D eigenvalue weighted by Gasteiger charge is -2.07. The number of fused-ring (bicyclic) bond motifs is 3. The topological polar surface area (TPSA) is 13.1 Å². The first-order chi connectivity index (χ1) is 13.1. The third-order valence-electron chi connectivity index (χ3n) is 5.99. The van der Waals surface area contributed by atoms with Gasteiger partial charge in [0.1, 0.15) is 11.2 Å². The first-order valence-corrected chi connectivity index (χ1v) is 11.1. The summed E-state index contributed by atoms with van der Waals surface area (Å²) in [6.45, 7) is 9.01. The number of aryl methyl sites for hydroxylation is 4. The summed E-state index contributed by atoms with van der Waals surface area (Å²) < 4.78 is 6.21. The summed E-state index contributed by atoms with van der Waals surface area (Å²) in [5.41, 5.74) is 7.81. The predicted molar refractivity (Wildman–Crippen MR) is 119 cm³/mol. The van der Waals surface area contributed by atoms with E-state index in [9.17, 15) is 0 Å². The SMILES string of the molecule is CCCCCCc1cc2c(cc1C)oc1cc(C)c(CCCCCC)cc12. The highest BCUT2D eigenvalue weighted by Gasteiger charge is 2.12. The van der Waals surface area contributed by atoms with Crippen molar-refractivity contribution >= 4 is 21.9 Å². The highest BCUT2D eigenvalue weighted by molar-refractivity contribution is 6.05. The van der Waals surface area contributed by atoms with Gasteiger partial charge in [-0.2, -0.15) is 0 Å². The first-order valence-electron chi connectivity index (χ1n) is 11.1. The van der Waals surface area contributed by atoms with Gasteiger partial charge in [0.25, 0.3) is 0 Å². The minimum absolute atomic E-state index is 1.04. The third kappa shape index (κ3) is 4.75. The molecule has 0 saturated heterocycles. The minimum atomic E-state index is 1.04. The number of hydrogen-bond acceptors (Lipinski definition) is 1. The number of furan rings is 1. The maximum Gasteiger partial charge on any atom is 0.135 e. The molecule has 146 valence electrons. The molecule has 0 amide bonds. The third-order valence-corrected chi connectivity index (χ3v) is 5.99. The molecule has 1 heterocycles. The van der Waals surface area contributed by atoms with E-state index in [-0.39, 0.29) is 0 Å². The van der Waals surface area contributed by atoms with Crippen LogP contribution in [0, 0.1) is 13.8 Å². The van der Waals surface area contributed by atoms with Crippen molar-refractivity contribution < 1.29 is 4.42 Å². The second-order valence-corrected chi connectivity index (χ2v) is 8.27. The average Bonchev–Trinajstić information content (AvgIpc) is 2.98. The van der Waals surface area contributed by atoms with Gasteiger partial charge in [-0.05, 0) is 86.1 Å². The van der Waals surface area contributed by atoms with E-state index in [2.05, 4.69) is 52.0 Å². The second kappa shape index (κ2) is 9.44. The Bertz CT molecular complexity index is 812. The van der Waals surface area contributed by atoms with Crippen molar-refractivity contribution in [2.45, 2.75) is 91.9 Å². The van der Waals surface area contributed by atoms with Crippen LogP contribution in [0.3, 0.4) is 0 Å². The molecule has 0 atom stereocenters. The lowest BCUT2D eigenvalue weighted by Crippen LogP contribution is -1.91. The predicted octanol–water partition coefficient (Wildman–Crippen LogP) is 8.45. The molecule has 0 aliphatic heterocycles. The summed E-state index contributed by atoms with van der Waals surface area (Å²) in [6, 6.07) is 9.30. The van der Waals surface area contributed by atoms with Gasteiger partial charge in [0.2, 0.25) is 0 Å². The van der Waals surface area contributed by atoms with Crippen molar-refractivity contribution in [2.24, 2.45) is 0 Å². The molecule has 0 bridgehead atoms. The first kappa shape index (κ1) is 20.0. The molecule has 0 unspecified atom stereocenters. The van der Waals surface area contributed by atoms with E-state index in [4.69, 9.17) is 4.42 Å². The summed E-state index contributed by atoms with van der Waals surface area (Å²) in [5.74, 6) is 0. The number of unbranched alkanes of at least 4 members (excludes halogenated alkanes) is 6. The van der Waals surface area contributed by atoms with Crippen LogP contribution in [0.2, 0.25) is 0 Å². The van der Waals surface area contributed by atoms with E-state index < -0.39 is 0 Å². The zero-order valence-corrected chi connectivity index (χ0v) is 17.8. The van der Waals surface area contributed by atoms with Gasteiger partial charge in [-0.3, -0.25) is 0 Å². The van der Waals surface area contributed by atoms with Gasteiger partial charge in [-0.1, -0.05) is 52.4 Å². The van der Waals surface area contributed by atoms with Crippen LogP contribution in [0.15, 0.2) is 28.7 Å². The molecular formula is C26H36O. The molecule has 1 nitrogen and oxygen atoms in total. The van der Waals surface area contributed by atoms with E-state index in [1.54, 1.807) is 0 Å². The fraction of sp³-hybridized carbons (Fsp3) is 0.538. The maximum absolute atomic E-state index is 6.21. The van der Waals surface area contributed by atoms with Gasteiger partial charge in [-0.15, -0.1) is 0 Å². The summed E-state index contributed by atoms with van der Waals surface area (Å²) in [6.07, 6.45) is 12.9. The molecule has 0 saturated carbocycles. The fourth-order valence-electron chi connectivity index (χ4n) is 4.18. The Morgan fingerprint density at radius 1 is 0.593 bits per heavy atom. The molecular weight excluding hydrogens is 328 g/mol. The smallest absolute Gasteiger partial charge is 0.135 e. The van der Waals surface area contributed by atoms with Crippen LogP contribution < -0.4 is 0 Å². The van der Waals surface area contributed by atoms with Gasteiger partial charge in [0, 0.05) is 10.8 Å². The van der Waals surface area contributed by atoms with Crippen molar-refractivity contribution in [3.8, 4) is 0 Å². The zero-order chi connectivity index (χ0) is 19.2. The van der Waals surface area contributed by atoms with Gasteiger partial charge < -0.3 is 4.42 Å². The van der Waals surface area contributed by atoms with Gasteiger partial charge >= 0.3 is 0 Å². The van der Waals surface area contributed by atoms with E-state index in [1.807, 2.05) is 0 Å². The van der Waals surface area contributed by atoms with Crippen LogP contribution in [0.4, 0.5) is 0 Å². The molecule has 1 aromatic heterocycles.